The molecule has 1 aromatic carbocycles. The Morgan fingerprint density at radius 1 is 1.00 bits per heavy atom. The second kappa shape index (κ2) is 9.46. The van der Waals surface area contributed by atoms with Gasteiger partial charge in [-0.1, -0.05) is 49.9 Å². The van der Waals surface area contributed by atoms with Gasteiger partial charge < -0.3 is 9.47 Å². The molecule has 2 aromatic rings. The first kappa shape index (κ1) is 22.4. The highest BCUT2D eigenvalue weighted by Crippen LogP contribution is 2.29. The Labute approximate surface area is 197 Å². The number of nitrogens with zero attached hydrogens (tertiary/aromatic N) is 3. The molecule has 1 saturated carbocycles. The summed E-state index contributed by atoms with van der Waals surface area (Å²) in [5.41, 5.74) is 5.18. The largest absolute Gasteiger partial charge is 0.351 e. The molecule has 3 aliphatic rings. The lowest BCUT2D eigenvalue weighted by molar-refractivity contribution is 0.0549. The summed E-state index contributed by atoms with van der Waals surface area (Å²) in [5, 5.41) is 0. The number of aromatic nitrogens is 1. The summed E-state index contributed by atoms with van der Waals surface area (Å²) in [6.45, 7) is 5.16. The van der Waals surface area contributed by atoms with Crippen LogP contribution in [0.15, 0.2) is 35.1 Å². The maximum atomic E-state index is 13.6. The van der Waals surface area contributed by atoms with Crippen LogP contribution in [0.4, 0.5) is 0 Å². The molecular weight excluding hydrogens is 410 g/mol. The second-order valence-electron chi connectivity index (χ2n) is 10.4. The number of carbonyl (C=O) groups is 1. The van der Waals surface area contributed by atoms with Gasteiger partial charge in [-0.2, -0.15) is 0 Å². The van der Waals surface area contributed by atoms with Crippen molar-refractivity contribution in [1.82, 2.24) is 14.4 Å². The number of fused-ring (bicyclic) bond motifs is 1. The van der Waals surface area contributed by atoms with E-state index in [4.69, 9.17) is 0 Å². The van der Waals surface area contributed by atoms with Gasteiger partial charge >= 0.3 is 0 Å². The normalized spacial score (nSPS) is 21.9. The molecular formula is C28H37N3O2. The summed E-state index contributed by atoms with van der Waals surface area (Å²) in [7, 11) is 2.01. The highest BCUT2D eigenvalue weighted by atomic mass is 16.2. The van der Waals surface area contributed by atoms with E-state index in [-0.39, 0.29) is 11.3 Å². The van der Waals surface area contributed by atoms with Gasteiger partial charge in [0.1, 0.15) is 5.56 Å². The van der Waals surface area contributed by atoms with Gasteiger partial charge in [-0.25, -0.2) is 0 Å². The van der Waals surface area contributed by atoms with Crippen LogP contribution >= 0.6 is 0 Å². The van der Waals surface area contributed by atoms with Gasteiger partial charge in [-0.15, -0.1) is 0 Å². The fourth-order valence-corrected chi connectivity index (χ4v) is 6.28. The molecule has 33 heavy (non-hydrogen) atoms. The minimum absolute atomic E-state index is 0.0581. The fraction of sp³-hybridized carbons (Fsp3) is 0.571. The molecule has 5 nitrogen and oxygen atoms in total. The number of rotatable bonds is 4. The van der Waals surface area contributed by atoms with Crippen LogP contribution < -0.4 is 5.43 Å². The molecule has 5 rings (SSSR count). The van der Waals surface area contributed by atoms with Crippen LogP contribution in [0.5, 0.6) is 0 Å². The first-order valence-electron chi connectivity index (χ1n) is 12.8. The van der Waals surface area contributed by atoms with Gasteiger partial charge in [0.15, 0.2) is 5.43 Å². The number of hydrogen-bond donors (Lipinski definition) is 0. The zero-order valence-corrected chi connectivity index (χ0v) is 20.2. The Balaban J connectivity index is 1.29. The fourth-order valence-electron chi connectivity index (χ4n) is 6.28. The minimum atomic E-state index is -0.102. The molecule has 1 amide bonds. The predicted molar refractivity (Wildman–Crippen MR) is 132 cm³/mol. The van der Waals surface area contributed by atoms with Gasteiger partial charge in [0.25, 0.3) is 5.91 Å². The van der Waals surface area contributed by atoms with E-state index in [1.807, 2.05) is 18.9 Å². The average Bonchev–Trinajstić information content (AvgIpc) is 3.35. The first-order valence-corrected chi connectivity index (χ1v) is 12.8. The number of amides is 1. The third kappa shape index (κ3) is 4.52. The van der Waals surface area contributed by atoms with Crippen LogP contribution in [0.25, 0.3) is 0 Å². The third-order valence-corrected chi connectivity index (χ3v) is 8.42. The lowest BCUT2D eigenvalue weighted by atomic mass is 9.87. The molecule has 1 aromatic heterocycles. The Hall–Kier alpha value is -2.40. The quantitative estimate of drug-likeness (QED) is 0.717. The van der Waals surface area contributed by atoms with Crippen LogP contribution in [-0.4, -0.2) is 52.5 Å². The molecule has 2 heterocycles. The molecule has 0 spiro atoms. The summed E-state index contributed by atoms with van der Waals surface area (Å²) in [5.74, 6) is 0.534. The van der Waals surface area contributed by atoms with Crippen LogP contribution in [-0.2, 0) is 26.3 Å². The zero-order valence-electron chi connectivity index (χ0n) is 20.2. The van der Waals surface area contributed by atoms with Crippen molar-refractivity contribution in [2.24, 2.45) is 13.0 Å². The molecule has 0 bridgehead atoms. The van der Waals surface area contributed by atoms with E-state index in [1.54, 1.807) is 6.07 Å². The van der Waals surface area contributed by atoms with Gasteiger partial charge in [-0.3, -0.25) is 14.5 Å². The SMILES string of the molecule is Cc1cc(=O)c(C(=O)N2CCN([C@H]3CCc4ccccc4C3)CC2)c(CC2CCCC2)n1C. The summed E-state index contributed by atoms with van der Waals surface area (Å²) in [4.78, 5) is 31.1. The van der Waals surface area contributed by atoms with Gasteiger partial charge in [0.2, 0.25) is 0 Å². The first-order chi connectivity index (χ1) is 16.0. The maximum absolute atomic E-state index is 13.6. The highest BCUT2D eigenvalue weighted by Gasteiger charge is 2.31. The van der Waals surface area contributed by atoms with Crippen molar-refractivity contribution in [3.05, 3.63) is 68.6 Å². The van der Waals surface area contributed by atoms with Crippen molar-refractivity contribution in [1.29, 1.82) is 0 Å². The van der Waals surface area contributed by atoms with E-state index < -0.39 is 0 Å². The van der Waals surface area contributed by atoms with Crippen LogP contribution in [0.2, 0.25) is 0 Å². The van der Waals surface area contributed by atoms with Crippen molar-refractivity contribution >= 4 is 5.91 Å². The molecule has 0 radical (unpaired) electrons. The van der Waals surface area contributed by atoms with Crippen LogP contribution in [0.3, 0.4) is 0 Å². The van der Waals surface area contributed by atoms with Gasteiger partial charge in [0.05, 0.1) is 0 Å². The van der Waals surface area contributed by atoms with E-state index in [2.05, 4.69) is 33.7 Å². The molecule has 1 aliphatic heterocycles. The molecule has 0 N–H and O–H groups in total. The van der Waals surface area contributed by atoms with E-state index in [9.17, 15) is 9.59 Å². The van der Waals surface area contributed by atoms with Crippen molar-refractivity contribution in [3.8, 4) is 0 Å². The summed E-state index contributed by atoms with van der Waals surface area (Å²) in [6, 6.07) is 11.0. The molecule has 2 aliphatic carbocycles. The number of pyridine rings is 1. The van der Waals surface area contributed by atoms with Crippen molar-refractivity contribution in [2.75, 3.05) is 26.2 Å². The molecule has 0 unspecified atom stereocenters. The number of aryl methyl sites for hydroxylation is 2. The molecule has 1 saturated heterocycles. The molecule has 1 atom stereocenters. The number of benzene rings is 1. The zero-order chi connectivity index (χ0) is 22.9. The molecule has 2 fully saturated rings. The average molecular weight is 448 g/mol. The summed E-state index contributed by atoms with van der Waals surface area (Å²) in [6.07, 6.45) is 9.23. The van der Waals surface area contributed by atoms with Crippen LogP contribution in [0, 0.1) is 12.8 Å². The highest BCUT2D eigenvalue weighted by molar-refractivity contribution is 5.95. The Kier molecular flexibility index (Phi) is 6.42. The minimum Gasteiger partial charge on any atom is -0.351 e. The molecule has 176 valence electrons. The van der Waals surface area contributed by atoms with E-state index in [1.165, 1.54) is 43.2 Å². The predicted octanol–water partition coefficient (Wildman–Crippen LogP) is 3.74. The monoisotopic (exact) mass is 447 g/mol. The lowest BCUT2D eigenvalue weighted by Gasteiger charge is -2.41. The smallest absolute Gasteiger partial charge is 0.259 e. The van der Waals surface area contributed by atoms with Gasteiger partial charge in [0, 0.05) is 56.7 Å². The summed E-state index contributed by atoms with van der Waals surface area (Å²) >= 11 is 0. The number of carbonyl (C=O) groups excluding carboxylic acids is 1. The maximum Gasteiger partial charge on any atom is 0.259 e. The summed E-state index contributed by atoms with van der Waals surface area (Å²) < 4.78 is 2.09. The number of piperazine rings is 1. The Morgan fingerprint density at radius 3 is 2.42 bits per heavy atom. The van der Waals surface area contributed by atoms with Crippen LogP contribution in [0.1, 0.15) is 65.0 Å². The van der Waals surface area contributed by atoms with Crippen molar-refractivity contribution in [3.63, 3.8) is 0 Å². The van der Waals surface area contributed by atoms with E-state index >= 15 is 0 Å². The third-order valence-electron chi connectivity index (χ3n) is 8.42. The second-order valence-corrected chi connectivity index (χ2v) is 10.4. The Morgan fingerprint density at radius 2 is 1.70 bits per heavy atom. The standard InChI is InChI=1S/C28H37N3O2/c1-20-17-26(32)27(25(29(20)2)18-21-7-3-4-8-21)28(33)31-15-13-30(14-16-31)24-12-11-22-9-5-6-10-23(22)19-24/h5-6,9-10,17,21,24H,3-4,7-8,11-16,18-19H2,1-2H3/t24-/m0/s1. The lowest BCUT2D eigenvalue weighted by Crippen LogP contribution is -2.53. The van der Waals surface area contributed by atoms with Crippen molar-refractivity contribution in [2.45, 2.75) is 64.3 Å². The Bertz CT molecular complexity index is 1080. The van der Waals surface area contributed by atoms with E-state index in [0.29, 0.717) is 30.6 Å². The van der Waals surface area contributed by atoms with Crippen molar-refractivity contribution < 1.29 is 4.79 Å². The molecule has 5 heteroatoms. The van der Waals surface area contributed by atoms with Gasteiger partial charge in [-0.05, 0) is 49.7 Å². The van der Waals surface area contributed by atoms with E-state index in [0.717, 1.165) is 43.7 Å². The topological polar surface area (TPSA) is 45.6 Å². The number of hydrogen-bond acceptors (Lipinski definition) is 3.